The van der Waals surface area contributed by atoms with Crippen molar-refractivity contribution in [2.75, 3.05) is 19.7 Å². The molecule has 1 aromatic heterocycles. The molecule has 186 valence electrons. The summed E-state index contributed by atoms with van der Waals surface area (Å²) in [5.74, 6) is -0.739. The van der Waals surface area contributed by atoms with E-state index >= 15 is 0 Å². The Hall–Kier alpha value is -2.78. The maximum atomic E-state index is 14.8. The lowest BCUT2D eigenvalue weighted by Crippen LogP contribution is -2.43. The second-order valence-electron chi connectivity index (χ2n) is 8.90. The van der Waals surface area contributed by atoms with Crippen molar-refractivity contribution >= 4 is 34.7 Å². The number of benzene rings is 1. The van der Waals surface area contributed by atoms with Crippen LogP contribution >= 0.6 is 11.8 Å². The summed E-state index contributed by atoms with van der Waals surface area (Å²) in [4.78, 5) is 39.3. The Kier molecular flexibility index (Phi) is 8.18. The second-order valence-corrected chi connectivity index (χ2v) is 10.3. The second kappa shape index (κ2) is 11.3. The molecule has 0 N–H and O–H groups in total. The molecule has 1 aliphatic carbocycles. The molecular formula is C26H30FN3O4S. The van der Waals surface area contributed by atoms with Crippen molar-refractivity contribution in [3.63, 3.8) is 0 Å². The normalized spacial score (nSPS) is 20.5. The number of halogens is 1. The van der Waals surface area contributed by atoms with Gasteiger partial charge >= 0.3 is 5.97 Å². The Balaban J connectivity index is 1.65. The fourth-order valence-electron chi connectivity index (χ4n) is 4.51. The minimum atomic E-state index is -0.667. The number of nitrogens with zero attached hydrogens (tertiary/aromatic N) is 3. The summed E-state index contributed by atoms with van der Waals surface area (Å²) >= 11 is 1.26. The van der Waals surface area contributed by atoms with E-state index in [4.69, 9.17) is 4.74 Å². The average Bonchev–Trinajstić information content (AvgIpc) is 3.58. The lowest BCUT2D eigenvalue weighted by atomic mass is 9.93. The smallest absolute Gasteiger partial charge is 0.327 e. The number of thioether (sulfide) groups is 1. The highest BCUT2D eigenvalue weighted by Crippen LogP contribution is 2.40. The molecule has 0 amide bonds. The summed E-state index contributed by atoms with van der Waals surface area (Å²) in [6.07, 6.45) is 5.87. The molecule has 2 fully saturated rings. The zero-order valence-electron chi connectivity index (χ0n) is 20.0. The van der Waals surface area contributed by atoms with Crippen molar-refractivity contribution in [3.05, 3.63) is 59.2 Å². The van der Waals surface area contributed by atoms with Gasteiger partial charge in [0, 0.05) is 42.9 Å². The van der Waals surface area contributed by atoms with Gasteiger partial charge in [-0.2, -0.15) is 5.10 Å². The van der Waals surface area contributed by atoms with E-state index < -0.39 is 6.04 Å². The Morgan fingerprint density at radius 2 is 2.00 bits per heavy atom. The minimum Gasteiger partial charge on any atom is -0.465 e. The molecule has 7 nitrogen and oxygen atoms in total. The van der Waals surface area contributed by atoms with Gasteiger partial charge in [-0.1, -0.05) is 30.0 Å². The Labute approximate surface area is 208 Å². The van der Waals surface area contributed by atoms with Gasteiger partial charge < -0.3 is 4.74 Å². The molecular weight excluding hydrogens is 469 g/mol. The average molecular weight is 500 g/mol. The number of hydrogen-bond donors (Lipinski definition) is 0. The van der Waals surface area contributed by atoms with Gasteiger partial charge in [0.25, 0.3) is 0 Å². The van der Waals surface area contributed by atoms with Crippen LogP contribution in [0.4, 0.5) is 4.39 Å². The molecule has 2 aromatic rings. The number of hydrogen-bond acceptors (Lipinski definition) is 7. The highest BCUT2D eigenvalue weighted by molar-refractivity contribution is 8.14. The van der Waals surface area contributed by atoms with Crippen LogP contribution in [0.15, 0.2) is 42.1 Å². The summed E-state index contributed by atoms with van der Waals surface area (Å²) < 4.78 is 21.4. The van der Waals surface area contributed by atoms with E-state index in [0.717, 1.165) is 18.4 Å². The molecule has 0 spiro atoms. The van der Waals surface area contributed by atoms with E-state index in [2.05, 4.69) is 5.10 Å². The fraction of sp³-hybridized carbons (Fsp3) is 0.462. The van der Waals surface area contributed by atoms with Crippen molar-refractivity contribution in [2.45, 2.75) is 50.9 Å². The SMILES string of the molecule is CCOC(=O)Cn1nccc1/C=C1/CN(C(C(=O)C2CC2)c2ccccc2F)CCC1SC(C)=O. The van der Waals surface area contributed by atoms with Crippen LogP contribution in [0.1, 0.15) is 50.4 Å². The molecule has 1 aromatic carbocycles. The number of piperidine rings is 1. The number of carbonyl (C=O) groups is 3. The number of rotatable bonds is 9. The number of ether oxygens (including phenoxy) is 1. The van der Waals surface area contributed by atoms with Gasteiger partial charge in [-0.25, -0.2) is 4.39 Å². The highest BCUT2D eigenvalue weighted by atomic mass is 32.2. The van der Waals surface area contributed by atoms with E-state index in [0.29, 0.717) is 30.8 Å². The monoisotopic (exact) mass is 499 g/mol. The van der Waals surface area contributed by atoms with Crippen molar-refractivity contribution in [2.24, 2.45) is 5.92 Å². The van der Waals surface area contributed by atoms with E-state index in [1.807, 2.05) is 11.0 Å². The maximum absolute atomic E-state index is 14.8. The van der Waals surface area contributed by atoms with Gasteiger partial charge in [-0.15, -0.1) is 0 Å². The molecule has 0 radical (unpaired) electrons. The fourth-order valence-corrected chi connectivity index (χ4v) is 5.43. The number of aromatic nitrogens is 2. The van der Waals surface area contributed by atoms with Crippen molar-refractivity contribution < 1.29 is 23.5 Å². The molecule has 9 heteroatoms. The maximum Gasteiger partial charge on any atom is 0.327 e. The van der Waals surface area contributed by atoms with Crippen molar-refractivity contribution in [3.8, 4) is 0 Å². The van der Waals surface area contributed by atoms with Crippen LogP contribution in [0, 0.1) is 11.7 Å². The third-order valence-electron chi connectivity index (χ3n) is 6.27. The Morgan fingerprint density at radius 1 is 1.23 bits per heavy atom. The molecule has 2 atom stereocenters. The van der Waals surface area contributed by atoms with E-state index in [9.17, 15) is 18.8 Å². The van der Waals surface area contributed by atoms with Crippen LogP contribution in [-0.4, -0.2) is 56.5 Å². The molecule has 2 unspecified atom stereocenters. The van der Waals surface area contributed by atoms with Crippen molar-refractivity contribution in [1.29, 1.82) is 0 Å². The van der Waals surface area contributed by atoms with Crippen LogP contribution in [0.3, 0.4) is 0 Å². The third-order valence-corrected chi connectivity index (χ3v) is 7.42. The lowest BCUT2D eigenvalue weighted by molar-refractivity contribution is -0.144. The minimum absolute atomic E-state index is 0.00842. The number of ketones is 1. The van der Waals surface area contributed by atoms with Crippen LogP contribution in [0.25, 0.3) is 6.08 Å². The quantitative estimate of drug-likeness (QED) is 0.482. The number of esters is 1. The van der Waals surface area contributed by atoms with E-state index in [1.165, 1.54) is 17.8 Å². The van der Waals surface area contributed by atoms with Gasteiger partial charge in [0.15, 0.2) is 10.9 Å². The molecule has 2 aliphatic rings. The molecule has 1 saturated heterocycles. The van der Waals surface area contributed by atoms with E-state index in [1.54, 1.807) is 49.0 Å². The molecule has 4 rings (SSSR count). The Morgan fingerprint density at radius 3 is 2.69 bits per heavy atom. The largest absolute Gasteiger partial charge is 0.465 e. The summed E-state index contributed by atoms with van der Waals surface area (Å²) in [7, 11) is 0. The van der Waals surface area contributed by atoms with Crippen LogP contribution in [0.5, 0.6) is 0 Å². The molecule has 35 heavy (non-hydrogen) atoms. The number of carbonyl (C=O) groups excluding carboxylic acids is 3. The summed E-state index contributed by atoms with van der Waals surface area (Å²) in [5.41, 5.74) is 2.04. The molecule has 1 aliphatic heterocycles. The van der Waals surface area contributed by atoms with Gasteiger partial charge in [0.1, 0.15) is 12.4 Å². The first-order chi connectivity index (χ1) is 16.9. The molecule has 0 bridgehead atoms. The number of Topliss-reactive ketones (excluding diaryl/α,β-unsaturated/α-hetero) is 1. The van der Waals surface area contributed by atoms with Gasteiger partial charge in [-0.05, 0) is 50.0 Å². The van der Waals surface area contributed by atoms with Crippen molar-refractivity contribution in [1.82, 2.24) is 14.7 Å². The zero-order valence-corrected chi connectivity index (χ0v) is 20.8. The number of likely N-dealkylation sites (tertiary alicyclic amines) is 1. The first kappa shape index (κ1) is 25.3. The lowest BCUT2D eigenvalue weighted by Gasteiger charge is -2.38. The van der Waals surface area contributed by atoms with Crippen LogP contribution < -0.4 is 0 Å². The van der Waals surface area contributed by atoms with E-state index in [-0.39, 0.29) is 47.0 Å². The predicted octanol–water partition coefficient (Wildman–Crippen LogP) is 4.04. The van der Waals surface area contributed by atoms with Gasteiger partial charge in [-0.3, -0.25) is 24.0 Å². The standard InChI is InChI=1S/C26H30FN3O4S/c1-3-34-24(32)16-30-20(10-12-28-30)14-19-15-29(13-11-23(19)35-17(2)31)25(26(33)18-8-9-18)21-6-4-5-7-22(21)27/h4-7,10,12,14,18,23,25H,3,8-9,11,13,15-16H2,1-2H3/b19-14-. The van der Waals surface area contributed by atoms with Gasteiger partial charge in [0.2, 0.25) is 0 Å². The third kappa shape index (κ3) is 6.27. The summed E-state index contributed by atoms with van der Waals surface area (Å²) in [5, 5.41) is 4.17. The first-order valence-electron chi connectivity index (χ1n) is 11.9. The van der Waals surface area contributed by atoms with Crippen LogP contribution in [-0.2, 0) is 25.7 Å². The topological polar surface area (TPSA) is 81.5 Å². The van der Waals surface area contributed by atoms with Gasteiger partial charge in [0.05, 0.1) is 18.3 Å². The Bertz CT molecular complexity index is 1130. The highest BCUT2D eigenvalue weighted by Gasteiger charge is 2.41. The molecule has 2 heterocycles. The first-order valence-corrected chi connectivity index (χ1v) is 12.8. The summed E-state index contributed by atoms with van der Waals surface area (Å²) in [6.45, 7) is 4.54. The zero-order chi connectivity index (χ0) is 24.9. The summed E-state index contributed by atoms with van der Waals surface area (Å²) in [6, 6.07) is 7.60. The predicted molar refractivity (Wildman–Crippen MR) is 132 cm³/mol. The van der Waals surface area contributed by atoms with Crippen LogP contribution in [0.2, 0.25) is 0 Å². The molecule has 1 saturated carbocycles.